The van der Waals surface area contributed by atoms with Gasteiger partial charge in [-0.15, -0.1) is 0 Å². The van der Waals surface area contributed by atoms with Crippen LogP contribution < -0.4 is 9.80 Å². The van der Waals surface area contributed by atoms with Crippen molar-refractivity contribution in [1.29, 1.82) is 0 Å². The van der Waals surface area contributed by atoms with E-state index in [1.54, 1.807) is 0 Å². The van der Waals surface area contributed by atoms with Gasteiger partial charge in [0.05, 0.1) is 45.0 Å². The summed E-state index contributed by atoms with van der Waals surface area (Å²) < 4.78 is 0. The topological polar surface area (TPSA) is 6.48 Å². The number of rotatable bonds is 3. The molecule has 0 fully saturated rings. The first kappa shape index (κ1) is 41.7. The van der Waals surface area contributed by atoms with Crippen molar-refractivity contribution in [3.8, 4) is 33.4 Å². The molecule has 0 atom stereocenters. The molecular weight excluding hydrogens is 917 g/mol. The van der Waals surface area contributed by atoms with Crippen molar-refractivity contribution < 1.29 is 0 Å². The van der Waals surface area contributed by atoms with E-state index in [0.717, 1.165) is 11.4 Å². The standard InChI is InChI=1S/C74H46N2/c1-2-24-48-47(22-1)23-19-29-53(48)72-54-30-20-44-66(75-68-40-15-11-36-62(68)73(63-37-12-16-41-69(63)75)58-32-7-3-25-49(58)50-26-4-8-33-59(50)73)56(54)46-57-55(72)31-21-45-67(57)76-70-42-17-13-38-64(70)74(65-39-14-18-43-71(65)76)60-34-9-5-27-51(60)52-28-6-10-35-61(52)74/h1-46H. The number of anilines is 6. The van der Waals surface area contributed by atoms with Crippen LogP contribution in [0.5, 0.6) is 0 Å². The van der Waals surface area contributed by atoms with Gasteiger partial charge in [0.2, 0.25) is 0 Å². The molecule has 0 bridgehead atoms. The lowest BCUT2D eigenvalue weighted by Gasteiger charge is -2.45. The van der Waals surface area contributed by atoms with Crippen LogP contribution in [0.15, 0.2) is 279 Å². The van der Waals surface area contributed by atoms with Gasteiger partial charge in [-0.1, -0.05) is 237 Å². The first-order chi connectivity index (χ1) is 37.8. The molecule has 0 saturated heterocycles. The Morgan fingerprint density at radius 3 is 0.882 bits per heavy atom. The zero-order valence-corrected chi connectivity index (χ0v) is 41.5. The molecule has 17 rings (SSSR count). The first-order valence-corrected chi connectivity index (χ1v) is 26.6. The summed E-state index contributed by atoms with van der Waals surface area (Å²) in [6, 6.07) is 105. The third-order valence-electron chi connectivity index (χ3n) is 17.6. The predicted octanol–water partition coefficient (Wildman–Crippen LogP) is 19.1. The van der Waals surface area contributed by atoms with Crippen LogP contribution >= 0.6 is 0 Å². The van der Waals surface area contributed by atoms with E-state index in [-0.39, 0.29) is 0 Å². The Labute approximate surface area is 441 Å². The lowest BCUT2D eigenvalue weighted by Crippen LogP contribution is -2.36. The normalized spacial score (nSPS) is 14.5. The second-order valence-electron chi connectivity index (χ2n) is 20.9. The lowest BCUT2D eigenvalue weighted by atomic mass is 9.64. The monoisotopic (exact) mass is 962 g/mol. The van der Waals surface area contributed by atoms with E-state index >= 15 is 0 Å². The average molecular weight is 963 g/mol. The number of hydrogen-bond acceptors (Lipinski definition) is 2. The highest BCUT2D eigenvalue weighted by Gasteiger charge is 2.53. The van der Waals surface area contributed by atoms with E-state index in [1.165, 1.54) is 133 Å². The quantitative estimate of drug-likeness (QED) is 0.163. The zero-order valence-electron chi connectivity index (χ0n) is 41.5. The third-order valence-corrected chi connectivity index (χ3v) is 17.6. The minimum atomic E-state index is -0.512. The van der Waals surface area contributed by atoms with Gasteiger partial charge < -0.3 is 9.80 Å². The molecule has 2 heterocycles. The van der Waals surface area contributed by atoms with Crippen LogP contribution in [0.1, 0.15) is 44.5 Å². The van der Waals surface area contributed by atoms with Gasteiger partial charge >= 0.3 is 0 Å². The van der Waals surface area contributed by atoms with Crippen LogP contribution in [0, 0.1) is 0 Å². The molecule has 0 saturated carbocycles. The van der Waals surface area contributed by atoms with Crippen molar-refractivity contribution in [1.82, 2.24) is 0 Å². The predicted molar refractivity (Wildman–Crippen MR) is 315 cm³/mol. The fourth-order valence-electron chi connectivity index (χ4n) is 14.9. The molecule has 352 valence electrons. The van der Waals surface area contributed by atoms with Gasteiger partial charge in [0.25, 0.3) is 0 Å². The molecular formula is C74H46N2. The molecule has 2 aliphatic carbocycles. The molecule has 4 aliphatic rings. The first-order valence-electron chi connectivity index (χ1n) is 26.6. The fraction of sp³-hybridized carbons (Fsp3) is 0.0270. The van der Waals surface area contributed by atoms with Crippen molar-refractivity contribution in [2.24, 2.45) is 0 Å². The molecule has 0 radical (unpaired) electrons. The van der Waals surface area contributed by atoms with Crippen LogP contribution in [-0.4, -0.2) is 0 Å². The van der Waals surface area contributed by atoms with Crippen molar-refractivity contribution in [3.05, 3.63) is 324 Å². The van der Waals surface area contributed by atoms with Crippen LogP contribution in [0.4, 0.5) is 34.1 Å². The van der Waals surface area contributed by atoms with Crippen LogP contribution in [0.25, 0.3) is 65.7 Å². The Kier molecular flexibility index (Phi) is 8.44. The minimum Gasteiger partial charge on any atom is -0.309 e. The molecule has 0 amide bonds. The summed E-state index contributed by atoms with van der Waals surface area (Å²) in [5, 5.41) is 7.25. The Hall–Kier alpha value is -9.76. The highest BCUT2D eigenvalue weighted by atomic mass is 15.2. The summed E-state index contributed by atoms with van der Waals surface area (Å²) in [5.74, 6) is 0. The van der Waals surface area contributed by atoms with Crippen LogP contribution in [0.2, 0.25) is 0 Å². The summed E-state index contributed by atoms with van der Waals surface area (Å²) >= 11 is 0. The molecule has 2 aliphatic heterocycles. The second kappa shape index (κ2) is 15.4. The van der Waals surface area contributed by atoms with E-state index in [1.807, 2.05) is 0 Å². The largest absolute Gasteiger partial charge is 0.309 e. The molecule has 2 nitrogen and oxygen atoms in total. The number of hydrogen-bond donors (Lipinski definition) is 0. The summed E-state index contributed by atoms with van der Waals surface area (Å²) in [6.07, 6.45) is 0. The lowest BCUT2D eigenvalue weighted by molar-refractivity contribution is 0.753. The smallest absolute Gasteiger partial charge is 0.0754 e. The maximum absolute atomic E-state index is 2.58. The van der Waals surface area contributed by atoms with Gasteiger partial charge in [0.1, 0.15) is 0 Å². The molecule has 2 spiro atoms. The van der Waals surface area contributed by atoms with E-state index in [2.05, 4.69) is 289 Å². The van der Waals surface area contributed by atoms with Gasteiger partial charge in [-0.05, 0) is 142 Å². The summed E-state index contributed by atoms with van der Waals surface area (Å²) in [7, 11) is 0. The summed E-state index contributed by atoms with van der Waals surface area (Å²) in [6.45, 7) is 0. The second-order valence-corrected chi connectivity index (χ2v) is 20.9. The number of benzene rings is 13. The molecule has 0 N–H and O–H groups in total. The van der Waals surface area contributed by atoms with Gasteiger partial charge in [0.15, 0.2) is 0 Å². The third kappa shape index (κ3) is 5.16. The fourth-order valence-corrected chi connectivity index (χ4v) is 14.9. The summed E-state index contributed by atoms with van der Waals surface area (Å²) in [4.78, 5) is 5.15. The van der Waals surface area contributed by atoms with Crippen LogP contribution in [-0.2, 0) is 10.8 Å². The molecule has 0 aromatic heterocycles. The molecule has 76 heavy (non-hydrogen) atoms. The van der Waals surface area contributed by atoms with Gasteiger partial charge in [-0.25, -0.2) is 0 Å². The summed E-state index contributed by atoms with van der Waals surface area (Å²) in [5.41, 5.74) is 24.1. The Morgan fingerprint density at radius 2 is 0.474 bits per heavy atom. The number of fused-ring (bicyclic) bond motifs is 21. The zero-order chi connectivity index (χ0) is 49.7. The van der Waals surface area contributed by atoms with Gasteiger partial charge in [-0.3, -0.25) is 0 Å². The van der Waals surface area contributed by atoms with Crippen molar-refractivity contribution in [2.45, 2.75) is 10.8 Å². The highest BCUT2D eigenvalue weighted by Crippen LogP contribution is 2.66. The van der Waals surface area contributed by atoms with E-state index in [0.29, 0.717) is 0 Å². The molecule has 13 aromatic carbocycles. The van der Waals surface area contributed by atoms with Crippen molar-refractivity contribution >= 4 is 66.4 Å². The molecule has 13 aromatic rings. The number of nitrogens with zero attached hydrogens (tertiary/aromatic N) is 2. The SMILES string of the molecule is c1ccc2c(c1)-c1ccccc1C21c2ccccc2N(c2cccc3c(-c4cccc5ccccc45)c4cccc(N5c6ccccc6C6(c7ccccc7-c7ccccc76)c6ccccc65)c4cc23)c2ccccc21. The Balaban J connectivity index is 0.978. The Bertz CT molecular complexity index is 4190. The highest BCUT2D eigenvalue weighted by molar-refractivity contribution is 6.22. The molecule has 2 heteroatoms. The van der Waals surface area contributed by atoms with Crippen molar-refractivity contribution in [2.75, 3.05) is 9.80 Å². The Morgan fingerprint density at radius 1 is 0.197 bits per heavy atom. The van der Waals surface area contributed by atoms with E-state index in [4.69, 9.17) is 0 Å². The maximum Gasteiger partial charge on any atom is 0.0754 e. The molecule has 0 unspecified atom stereocenters. The van der Waals surface area contributed by atoms with Gasteiger partial charge in [-0.2, -0.15) is 0 Å². The van der Waals surface area contributed by atoms with Crippen LogP contribution in [0.3, 0.4) is 0 Å². The minimum absolute atomic E-state index is 0.512. The van der Waals surface area contributed by atoms with Gasteiger partial charge in [0, 0.05) is 10.8 Å². The van der Waals surface area contributed by atoms with E-state index < -0.39 is 10.8 Å². The maximum atomic E-state index is 2.58. The number of para-hydroxylation sites is 4. The van der Waals surface area contributed by atoms with Crippen molar-refractivity contribution in [3.63, 3.8) is 0 Å². The van der Waals surface area contributed by atoms with E-state index in [9.17, 15) is 0 Å². The average Bonchev–Trinajstić information content (AvgIpc) is 4.17.